The summed E-state index contributed by atoms with van der Waals surface area (Å²) in [6, 6.07) is 6.57. The maximum atomic E-state index is 5.98. The van der Waals surface area contributed by atoms with Crippen molar-refractivity contribution in [3.63, 3.8) is 0 Å². The summed E-state index contributed by atoms with van der Waals surface area (Å²) in [5, 5.41) is 0. The van der Waals surface area contributed by atoms with E-state index in [1.165, 1.54) is 5.56 Å². The summed E-state index contributed by atoms with van der Waals surface area (Å²) >= 11 is 3.56. The zero-order valence-corrected chi connectivity index (χ0v) is 14.1. The number of halogens is 1. The van der Waals surface area contributed by atoms with Crippen molar-refractivity contribution in [2.24, 2.45) is 17.6 Å². The summed E-state index contributed by atoms with van der Waals surface area (Å²) in [7, 11) is 5.89. The van der Waals surface area contributed by atoms with E-state index in [1.807, 2.05) is 6.07 Å². The highest BCUT2D eigenvalue weighted by atomic mass is 79.9. The molecule has 0 aliphatic carbocycles. The number of rotatable bonds is 6. The fourth-order valence-electron chi connectivity index (χ4n) is 2.56. The Kier molecular flexibility index (Phi) is 6.30. The smallest absolute Gasteiger partial charge is 0.133 e. The van der Waals surface area contributed by atoms with Crippen molar-refractivity contribution in [3.8, 4) is 5.75 Å². The molecular weight excluding hydrogens is 304 g/mol. The second-order valence-corrected chi connectivity index (χ2v) is 6.30. The largest absolute Gasteiger partial charge is 0.496 e. The number of hydrogen-bond acceptors (Lipinski definition) is 3. The Morgan fingerprint density at radius 3 is 2.32 bits per heavy atom. The highest BCUT2D eigenvalue weighted by Gasteiger charge is 2.27. The van der Waals surface area contributed by atoms with Crippen molar-refractivity contribution in [1.29, 1.82) is 0 Å². The Bertz CT molecular complexity index is 407. The van der Waals surface area contributed by atoms with E-state index in [2.05, 4.69) is 60.9 Å². The van der Waals surface area contributed by atoms with Crippen molar-refractivity contribution in [3.05, 3.63) is 28.2 Å². The first-order chi connectivity index (χ1) is 8.92. The van der Waals surface area contributed by atoms with Crippen LogP contribution in [0.3, 0.4) is 0 Å². The second kappa shape index (κ2) is 7.27. The van der Waals surface area contributed by atoms with Gasteiger partial charge in [0.1, 0.15) is 5.75 Å². The quantitative estimate of drug-likeness (QED) is 0.870. The zero-order chi connectivity index (χ0) is 14.6. The lowest BCUT2D eigenvalue weighted by molar-refractivity contribution is 0.175. The van der Waals surface area contributed by atoms with Gasteiger partial charge >= 0.3 is 0 Å². The summed E-state index contributed by atoms with van der Waals surface area (Å²) in [6.07, 6.45) is 0. The molecule has 4 heteroatoms. The Hall–Kier alpha value is -0.580. The van der Waals surface area contributed by atoms with Crippen LogP contribution in [0.15, 0.2) is 22.7 Å². The molecule has 19 heavy (non-hydrogen) atoms. The van der Waals surface area contributed by atoms with Crippen molar-refractivity contribution in [1.82, 2.24) is 4.90 Å². The Balaban J connectivity index is 3.15. The van der Waals surface area contributed by atoms with Crippen LogP contribution >= 0.6 is 15.9 Å². The molecule has 1 aromatic rings. The first-order valence-electron chi connectivity index (χ1n) is 6.62. The summed E-state index contributed by atoms with van der Waals surface area (Å²) in [5.41, 5.74) is 7.25. The van der Waals surface area contributed by atoms with Gasteiger partial charge in [-0.3, -0.25) is 0 Å². The van der Waals surface area contributed by atoms with E-state index in [0.29, 0.717) is 24.4 Å². The molecule has 0 aromatic heterocycles. The van der Waals surface area contributed by atoms with Gasteiger partial charge in [0.25, 0.3) is 0 Å². The van der Waals surface area contributed by atoms with Gasteiger partial charge in [-0.05, 0) is 66.1 Å². The summed E-state index contributed by atoms with van der Waals surface area (Å²) in [4.78, 5) is 2.24. The van der Waals surface area contributed by atoms with E-state index in [9.17, 15) is 0 Å². The van der Waals surface area contributed by atoms with Crippen LogP contribution in [0.4, 0.5) is 0 Å². The molecule has 0 saturated heterocycles. The fourth-order valence-corrected chi connectivity index (χ4v) is 3.12. The van der Waals surface area contributed by atoms with E-state index in [-0.39, 0.29) is 0 Å². The molecule has 0 amide bonds. The Morgan fingerprint density at radius 2 is 1.95 bits per heavy atom. The molecule has 2 unspecified atom stereocenters. The minimum atomic E-state index is 0.312. The average Bonchev–Trinajstić information content (AvgIpc) is 2.34. The maximum absolute atomic E-state index is 5.98. The van der Waals surface area contributed by atoms with Crippen molar-refractivity contribution >= 4 is 15.9 Å². The number of nitrogens with zero attached hydrogens (tertiary/aromatic N) is 1. The van der Waals surface area contributed by atoms with Crippen LogP contribution < -0.4 is 10.5 Å². The number of nitrogens with two attached hydrogens (primary N) is 1. The molecule has 0 saturated carbocycles. The second-order valence-electron chi connectivity index (χ2n) is 5.45. The molecular formula is C15H25BrN2O. The molecule has 108 valence electrons. The van der Waals surface area contributed by atoms with Gasteiger partial charge in [-0.15, -0.1) is 0 Å². The van der Waals surface area contributed by atoms with Crippen molar-refractivity contribution in [2.75, 3.05) is 27.7 Å². The fraction of sp³-hybridized carbons (Fsp3) is 0.600. The molecule has 0 aliphatic heterocycles. The summed E-state index contributed by atoms with van der Waals surface area (Å²) in [6.45, 7) is 5.14. The molecule has 1 rings (SSSR count). The molecule has 2 atom stereocenters. The first-order valence-corrected chi connectivity index (χ1v) is 7.41. The van der Waals surface area contributed by atoms with Gasteiger partial charge in [-0.1, -0.05) is 19.9 Å². The average molecular weight is 329 g/mol. The van der Waals surface area contributed by atoms with E-state index in [0.717, 1.165) is 10.2 Å². The van der Waals surface area contributed by atoms with Crippen LogP contribution in [-0.2, 0) is 0 Å². The monoisotopic (exact) mass is 328 g/mol. The zero-order valence-electron chi connectivity index (χ0n) is 12.5. The van der Waals surface area contributed by atoms with Crippen molar-refractivity contribution in [2.45, 2.75) is 19.9 Å². The van der Waals surface area contributed by atoms with Gasteiger partial charge in [0.05, 0.1) is 11.6 Å². The van der Waals surface area contributed by atoms with Crippen LogP contribution in [0.25, 0.3) is 0 Å². The van der Waals surface area contributed by atoms with E-state index < -0.39 is 0 Å². The first kappa shape index (κ1) is 16.5. The SMILES string of the molecule is COc1ccc(C(C(CN)C(C)C)N(C)C)cc1Br. The summed E-state index contributed by atoms with van der Waals surface area (Å²) in [5.74, 6) is 1.82. The topological polar surface area (TPSA) is 38.5 Å². The Labute approximate surface area is 125 Å². The van der Waals surface area contributed by atoms with Gasteiger partial charge in [0, 0.05) is 6.04 Å². The molecule has 0 bridgehead atoms. The van der Waals surface area contributed by atoms with E-state index in [1.54, 1.807) is 7.11 Å². The molecule has 0 aliphatic rings. The lowest BCUT2D eigenvalue weighted by Gasteiger charge is -2.34. The van der Waals surface area contributed by atoms with E-state index >= 15 is 0 Å². The van der Waals surface area contributed by atoms with Crippen LogP contribution in [0.1, 0.15) is 25.5 Å². The third-order valence-electron chi connectivity index (χ3n) is 3.61. The van der Waals surface area contributed by atoms with Gasteiger partial charge in [0.2, 0.25) is 0 Å². The van der Waals surface area contributed by atoms with Crippen LogP contribution in [0.2, 0.25) is 0 Å². The van der Waals surface area contributed by atoms with Crippen LogP contribution in [0, 0.1) is 11.8 Å². The third-order valence-corrected chi connectivity index (χ3v) is 4.23. The molecule has 2 N–H and O–H groups in total. The number of ether oxygens (including phenoxy) is 1. The van der Waals surface area contributed by atoms with Crippen LogP contribution in [0.5, 0.6) is 5.75 Å². The van der Waals surface area contributed by atoms with Gasteiger partial charge in [0.15, 0.2) is 0 Å². The molecule has 3 nitrogen and oxygen atoms in total. The molecule has 0 radical (unpaired) electrons. The number of hydrogen-bond donors (Lipinski definition) is 1. The van der Waals surface area contributed by atoms with E-state index in [4.69, 9.17) is 10.5 Å². The minimum absolute atomic E-state index is 0.312. The molecule has 0 heterocycles. The van der Waals surface area contributed by atoms with Crippen LogP contribution in [-0.4, -0.2) is 32.6 Å². The highest BCUT2D eigenvalue weighted by Crippen LogP contribution is 2.35. The lowest BCUT2D eigenvalue weighted by Crippen LogP contribution is -2.35. The standard InChI is InChI=1S/C15H25BrN2O/c1-10(2)12(9-17)15(18(3)4)11-6-7-14(19-5)13(16)8-11/h6-8,10,12,15H,9,17H2,1-5H3. The third kappa shape index (κ3) is 3.94. The molecule has 0 fully saturated rings. The van der Waals surface area contributed by atoms with Crippen molar-refractivity contribution < 1.29 is 4.74 Å². The Morgan fingerprint density at radius 1 is 1.32 bits per heavy atom. The van der Waals surface area contributed by atoms with Gasteiger partial charge < -0.3 is 15.4 Å². The lowest BCUT2D eigenvalue weighted by atomic mass is 9.84. The molecule has 0 spiro atoms. The maximum Gasteiger partial charge on any atom is 0.133 e. The summed E-state index contributed by atoms with van der Waals surface area (Å²) < 4.78 is 6.27. The highest BCUT2D eigenvalue weighted by molar-refractivity contribution is 9.10. The van der Waals surface area contributed by atoms with Gasteiger partial charge in [-0.25, -0.2) is 0 Å². The predicted octanol–water partition coefficient (Wildman–Crippen LogP) is 3.29. The predicted molar refractivity (Wildman–Crippen MR) is 84.5 cm³/mol. The number of benzene rings is 1. The minimum Gasteiger partial charge on any atom is -0.496 e. The normalized spacial score (nSPS) is 14.8. The molecule has 1 aromatic carbocycles. The van der Waals surface area contributed by atoms with Gasteiger partial charge in [-0.2, -0.15) is 0 Å². The number of methoxy groups -OCH3 is 1.